The summed E-state index contributed by atoms with van der Waals surface area (Å²) in [6.07, 6.45) is 63.1. The summed E-state index contributed by atoms with van der Waals surface area (Å²) in [5.41, 5.74) is 0. The third-order valence-electron chi connectivity index (χ3n) is 12.6. The zero-order valence-corrected chi connectivity index (χ0v) is 45.1. The van der Waals surface area contributed by atoms with Crippen molar-refractivity contribution in [3.8, 4) is 0 Å². The third kappa shape index (κ3) is 50.3. The van der Waals surface area contributed by atoms with E-state index in [-0.39, 0.29) is 19.1 Å². The molecule has 0 aliphatic heterocycles. The molecule has 0 heterocycles. The van der Waals surface area contributed by atoms with E-state index in [0.29, 0.717) is 23.9 Å². The van der Waals surface area contributed by atoms with Gasteiger partial charge in [0.2, 0.25) is 5.91 Å². The predicted molar refractivity (Wildman–Crippen MR) is 286 cm³/mol. The average Bonchev–Trinajstić information content (AvgIpc) is 3.28. The van der Waals surface area contributed by atoms with Gasteiger partial charge in [-0.15, -0.1) is 0 Å². The molecular weight excluding hydrogens is 840 g/mol. The van der Waals surface area contributed by atoms with Crippen LogP contribution in [0.3, 0.4) is 0 Å². The highest BCUT2D eigenvalue weighted by Crippen LogP contribution is 2.43. The van der Waals surface area contributed by atoms with Gasteiger partial charge in [-0.3, -0.25) is 13.8 Å². The third-order valence-corrected chi connectivity index (χ3v) is 13.6. The molecule has 0 saturated carbocycles. The van der Waals surface area contributed by atoms with Crippen molar-refractivity contribution in [2.45, 2.75) is 270 Å². The van der Waals surface area contributed by atoms with E-state index in [2.05, 4.69) is 67.8 Å². The Labute approximate surface area is 409 Å². The van der Waals surface area contributed by atoms with E-state index < -0.39 is 20.0 Å². The van der Waals surface area contributed by atoms with Crippen molar-refractivity contribution >= 4 is 13.7 Å². The first-order chi connectivity index (χ1) is 32.0. The molecule has 3 atom stereocenters. The smallest absolute Gasteiger partial charge is 0.391 e. The minimum Gasteiger partial charge on any atom is -0.391 e. The molecule has 0 fully saturated rings. The zero-order valence-electron chi connectivity index (χ0n) is 44.2. The lowest BCUT2D eigenvalue weighted by molar-refractivity contribution is -0.870. The largest absolute Gasteiger partial charge is 0.472 e. The Kier molecular flexibility index (Phi) is 47.4. The fraction of sp³-hybridized carbons (Fsp3) is 0.842. The summed E-state index contributed by atoms with van der Waals surface area (Å²) in [5.74, 6) is -0.166. The quantitative estimate of drug-likeness (QED) is 0.0243. The molecule has 3 N–H and O–H groups in total. The fourth-order valence-corrected chi connectivity index (χ4v) is 8.95. The number of carbonyl (C=O) groups excluding carboxylic acids is 1. The van der Waals surface area contributed by atoms with Gasteiger partial charge >= 0.3 is 7.82 Å². The minimum atomic E-state index is -4.33. The molecule has 0 bridgehead atoms. The first kappa shape index (κ1) is 64.5. The summed E-state index contributed by atoms with van der Waals surface area (Å²) in [7, 11) is 1.60. The Morgan fingerprint density at radius 1 is 0.530 bits per heavy atom. The van der Waals surface area contributed by atoms with Gasteiger partial charge in [-0.05, 0) is 51.4 Å². The van der Waals surface area contributed by atoms with Crippen molar-refractivity contribution in [3.63, 3.8) is 0 Å². The topological polar surface area (TPSA) is 105 Å². The van der Waals surface area contributed by atoms with Crippen LogP contribution in [0.25, 0.3) is 0 Å². The van der Waals surface area contributed by atoms with Gasteiger partial charge < -0.3 is 19.8 Å². The maximum absolute atomic E-state index is 13.0. The number of phosphoric acid groups is 1. The van der Waals surface area contributed by atoms with Crippen LogP contribution in [-0.4, -0.2) is 73.4 Å². The van der Waals surface area contributed by atoms with Gasteiger partial charge in [0, 0.05) is 6.42 Å². The Bertz CT molecular complexity index is 1210. The molecule has 1 amide bonds. The number of quaternary nitrogens is 1. The second-order valence-corrected chi connectivity index (χ2v) is 21.7. The molecular formula is C57H110N2O6P+. The molecule has 8 nitrogen and oxygen atoms in total. The number of allylic oxidation sites excluding steroid dienone is 8. The normalized spacial score (nSPS) is 14.3. The van der Waals surface area contributed by atoms with Crippen molar-refractivity contribution in [1.29, 1.82) is 0 Å². The molecule has 0 aromatic heterocycles. The number of hydrogen-bond acceptors (Lipinski definition) is 5. The maximum atomic E-state index is 13.0. The first-order valence-corrected chi connectivity index (χ1v) is 29.5. The standard InChI is InChI=1S/C57H109N2O6P/c1-6-8-10-12-14-16-18-20-22-24-25-26-27-28-29-30-31-32-33-35-36-38-40-42-44-46-48-50-56(60)55(54-65-66(62,63)64-53-52-59(3,4)5)58-57(61)51-49-47-45-43-41-39-37-34-23-21-19-17-15-13-11-9-7-2/h9,11,15,17,21,23,37,39,55-56,60H,6-8,10,12-14,16,18-20,22,24-36,38,40-54H2,1-5H3,(H-,58,61,62,63)/p+1/b11-9-,17-15-,23-21-,39-37-. The van der Waals surface area contributed by atoms with E-state index in [1.54, 1.807) is 0 Å². The molecule has 3 unspecified atom stereocenters. The molecule has 0 saturated heterocycles. The Hall–Kier alpha value is -1.54. The van der Waals surface area contributed by atoms with E-state index in [1.807, 2.05) is 21.1 Å². The van der Waals surface area contributed by atoms with Gasteiger partial charge in [0.1, 0.15) is 13.2 Å². The van der Waals surface area contributed by atoms with Gasteiger partial charge in [0.25, 0.3) is 0 Å². The van der Waals surface area contributed by atoms with Crippen LogP contribution in [0.5, 0.6) is 0 Å². The van der Waals surface area contributed by atoms with E-state index in [4.69, 9.17) is 9.05 Å². The minimum absolute atomic E-state index is 0.0682. The van der Waals surface area contributed by atoms with Gasteiger partial charge in [0.05, 0.1) is 39.9 Å². The number of amides is 1. The van der Waals surface area contributed by atoms with Crippen LogP contribution in [-0.2, 0) is 18.4 Å². The number of likely N-dealkylation sites (N-methyl/N-ethyl adjacent to an activating group) is 1. The lowest BCUT2D eigenvalue weighted by Crippen LogP contribution is -2.46. The number of nitrogens with zero attached hydrogens (tertiary/aromatic N) is 1. The Balaban J connectivity index is 4.16. The van der Waals surface area contributed by atoms with Gasteiger partial charge in [0.15, 0.2) is 0 Å². The summed E-state index contributed by atoms with van der Waals surface area (Å²) < 4.78 is 23.7. The number of hydrogen-bond donors (Lipinski definition) is 3. The number of carbonyl (C=O) groups is 1. The molecule has 66 heavy (non-hydrogen) atoms. The summed E-state index contributed by atoms with van der Waals surface area (Å²) in [6.45, 7) is 4.78. The predicted octanol–water partition coefficient (Wildman–Crippen LogP) is 16.8. The van der Waals surface area contributed by atoms with Crippen LogP contribution >= 0.6 is 7.82 Å². The number of aliphatic hydroxyl groups excluding tert-OH is 1. The summed E-state index contributed by atoms with van der Waals surface area (Å²) in [5, 5.41) is 14.0. The second-order valence-electron chi connectivity index (χ2n) is 20.3. The van der Waals surface area contributed by atoms with E-state index in [9.17, 15) is 19.4 Å². The maximum Gasteiger partial charge on any atom is 0.472 e. The van der Waals surface area contributed by atoms with Crippen LogP contribution < -0.4 is 5.32 Å². The molecule has 0 rings (SSSR count). The number of phosphoric ester groups is 1. The average molecular weight is 950 g/mol. The van der Waals surface area contributed by atoms with Gasteiger partial charge in [-0.1, -0.05) is 249 Å². The number of aliphatic hydroxyl groups is 1. The molecule has 9 heteroatoms. The summed E-state index contributed by atoms with van der Waals surface area (Å²) in [4.78, 5) is 23.3. The van der Waals surface area contributed by atoms with Crippen LogP contribution in [0.1, 0.15) is 258 Å². The van der Waals surface area contributed by atoms with Crippen LogP contribution in [0.15, 0.2) is 48.6 Å². The summed E-state index contributed by atoms with van der Waals surface area (Å²) >= 11 is 0. The molecule has 0 aliphatic rings. The van der Waals surface area contributed by atoms with Crippen LogP contribution in [0.4, 0.5) is 0 Å². The van der Waals surface area contributed by atoms with Crippen molar-refractivity contribution in [3.05, 3.63) is 48.6 Å². The molecule has 0 radical (unpaired) electrons. The number of nitrogens with one attached hydrogen (secondary N) is 1. The SMILES string of the molecule is CC/C=C\C/C=C\C/C=C\C/C=C\CCCCCCC(=O)NC(COP(=O)(O)OCC[N+](C)(C)C)C(O)CCCCCCCCCCCCCCCCCCCCCCCCCCCCC. The van der Waals surface area contributed by atoms with Crippen LogP contribution in [0.2, 0.25) is 0 Å². The van der Waals surface area contributed by atoms with Gasteiger partial charge in [-0.25, -0.2) is 4.57 Å². The fourth-order valence-electron chi connectivity index (χ4n) is 8.22. The molecule has 0 aromatic carbocycles. The lowest BCUT2D eigenvalue weighted by Gasteiger charge is -2.26. The monoisotopic (exact) mass is 950 g/mol. The lowest BCUT2D eigenvalue weighted by atomic mass is 10.0. The zero-order chi connectivity index (χ0) is 48.5. The summed E-state index contributed by atoms with van der Waals surface area (Å²) in [6, 6.07) is -0.776. The highest BCUT2D eigenvalue weighted by molar-refractivity contribution is 7.47. The molecule has 0 aromatic rings. The van der Waals surface area contributed by atoms with Crippen LogP contribution in [0, 0.1) is 0 Å². The van der Waals surface area contributed by atoms with E-state index in [0.717, 1.165) is 77.0 Å². The van der Waals surface area contributed by atoms with E-state index in [1.165, 1.54) is 154 Å². The molecule has 388 valence electrons. The first-order valence-electron chi connectivity index (χ1n) is 28.0. The Morgan fingerprint density at radius 2 is 0.909 bits per heavy atom. The van der Waals surface area contributed by atoms with Crippen molar-refractivity contribution in [2.24, 2.45) is 0 Å². The molecule has 0 aliphatic carbocycles. The van der Waals surface area contributed by atoms with E-state index >= 15 is 0 Å². The number of rotatable bonds is 51. The number of unbranched alkanes of at least 4 members (excludes halogenated alkanes) is 30. The highest BCUT2D eigenvalue weighted by atomic mass is 31.2. The Morgan fingerprint density at radius 3 is 1.33 bits per heavy atom. The second kappa shape index (κ2) is 48.5. The molecule has 0 spiro atoms. The highest BCUT2D eigenvalue weighted by Gasteiger charge is 2.28. The van der Waals surface area contributed by atoms with Crippen molar-refractivity contribution < 1.29 is 32.9 Å². The van der Waals surface area contributed by atoms with Gasteiger partial charge in [-0.2, -0.15) is 0 Å². The van der Waals surface area contributed by atoms with Crippen molar-refractivity contribution in [2.75, 3.05) is 40.9 Å². The van der Waals surface area contributed by atoms with Crippen molar-refractivity contribution in [1.82, 2.24) is 5.32 Å².